The SMILES string of the molecule is COC(=O)c1cc(C)sc1NC(=O)COc1cccc(OC)c1. The molecule has 2 aromatic rings. The van der Waals surface area contributed by atoms with Gasteiger partial charge >= 0.3 is 5.97 Å². The van der Waals surface area contributed by atoms with Crippen LogP contribution in [-0.4, -0.2) is 32.7 Å². The first-order chi connectivity index (χ1) is 11.0. The molecule has 1 amide bonds. The van der Waals surface area contributed by atoms with Gasteiger partial charge in [-0.1, -0.05) is 6.07 Å². The number of benzene rings is 1. The molecule has 1 heterocycles. The molecule has 0 spiro atoms. The molecule has 6 nitrogen and oxygen atoms in total. The summed E-state index contributed by atoms with van der Waals surface area (Å²) in [6, 6.07) is 8.64. The summed E-state index contributed by atoms with van der Waals surface area (Å²) in [4.78, 5) is 24.6. The first-order valence-electron chi connectivity index (χ1n) is 6.79. The highest BCUT2D eigenvalue weighted by Crippen LogP contribution is 2.28. The van der Waals surface area contributed by atoms with Gasteiger partial charge in [0.15, 0.2) is 6.61 Å². The van der Waals surface area contributed by atoms with Crippen molar-refractivity contribution in [2.24, 2.45) is 0 Å². The zero-order chi connectivity index (χ0) is 16.8. The van der Waals surface area contributed by atoms with E-state index in [1.165, 1.54) is 18.4 Å². The highest BCUT2D eigenvalue weighted by atomic mass is 32.1. The van der Waals surface area contributed by atoms with Crippen LogP contribution in [-0.2, 0) is 9.53 Å². The lowest BCUT2D eigenvalue weighted by Crippen LogP contribution is -2.20. The Morgan fingerprint density at radius 1 is 1.17 bits per heavy atom. The number of nitrogens with one attached hydrogen (secondary N) is 1. The Morgan fingerprint density at radius 3 is 2.61 bits per heavy atom. The van der Waals surface area contributed by atoms with Crippen LogP contribution in [0.25, 0.3) is 0 Å². The van der Waals surface area contributed by atoms with Gasteiger partial charge in [-0.05, 0) is 25.1 Å². The van der Waals surface area contributed by atoms with Crippen molar-refractivity contribution in [3.63, 3.8) is 0 Å². The summed E-state index contributed by atoms with van der Waals surface area (Å²) in [6.45, 7) is 1.67. The first-order valence-corrected chi connectivity index (χ1v) is 7.60. The first kappa shape index (κ1) is 16.8. The Labute approximate surface area is 138 Å². The van der Waals surface area contributed by atoms with Gasteiger partial charge in [-0.3, -0.25) is 4.79 Å². The van der Waals surface area contributed by atoms with Crippen LogP contribution in [0.5, 0.6) is 11.5 Å². The molecule has 0 bridgehead atoms. The lowest BCUT2D eigenvalue weighted by molar-refractivity contribution is -0.118. The maximum Gasteiger partial charge on any atom is 0.340 e. The van der Waals surface area contributed by atoms with E-state index in [-0.39, 0.29) is 12.5 Å². The molecule has 0 aliphatic rings. The fourth-order valence-electron chi connectivity index (χ4n) is 1.87. The van der Waals surface area contributed by atoms with Crippen molar-refractivity contribution in [2.75, 3.05) is 26.1 Å². The molecular weight excluding hydrogens is 318 g/mol. The minimum atomic E-state index is -0.488. The number of hydrogen-bond donors (Lipinski definition) is 1. The van der Waals surface area contributed by atoms with Crippen molar-refractivity contribution >= 4 is 28.2 Å². The summed E-state index contributed by atoms with van der Waals surface area (Å²) in [6.07, 6.45) is 0. The summed E-state index contributed by atoms with van der Waals surface area (Å²) < 4.78 is 15.2. The van der Waals surface area contributed by atoms with E-state index < -0.39 is 5.97 Å². The van der Waals surface area contributed by atoms with E-state index in [4.69, 9.17) is 14.2 Å². The van der Waals surface area contributed by atoms with E-state index in [1.54, 1.807) is 37.4 Å². The van der Waals surface area contributed by atoms with Gasteiger partial charge in [-0.25, -0.2) is 4.79 Å². The third kappa shape index (κ3) is 4.46. The van der Waals surface area contributed by atoms with E-state index in [1.807, 2.05) is 6.92 Å². The van der Waals surface area contributed by atoms with Crippen LogP contribution in [0.15, 0.2) is 30.3 Å². The molecule has 23 heavy (non-hydrogen) atoms. The smallest absolute Gasteiger partial charge is 0.340 e. The highest BCUT2D eigenvalue weighted by Gasteiger charge is 2.17. The Kier molecular flexibility index (Phi) is 5.59. The molecule has 0 unspecified atom stereocenters. The number of carbonyl (C=O) groups excluding carboxylic acids is 2. The fraction of sp³-hybridized carbons (Fsp3) is 0.250. The average Bonchev–Trinajstić information content (AvgIpc) is 2.92. The second-order valence-corrected chi connectivity index (χ2v) is 5.86. The summed E-state index contributed by atoms with van der Waals surface area (Å²) in [5, 5.41) is 3.12. The van der Waals surface area contributed by atoms with E-state index in [9.17, 15) is 9.59 Å². The van der Waals surface area contributed by atoms with Gasteiger partial charge in [-0.15, -0.1) is 11.3 Å². The van der Waals surface area contributed by atoms with E-state index in [0.717, 1.165) is 4.88 Å². The number of rotatable bonds is 6. The quantitative estimate of drug-likeness (QED) is 0.822. The van der Waals surface area contributed by atoms with E-state index >= 15 is 0 Å². The third-order valence-electron chi connectivity index (χ3n) is 2.92. The van der Waals surface area contributed by atoms with Crippen molar-refractivity contribution in [3.05, 3.63) is 40.8 Å². The number of thiophene rings is 1. The van der Waals surface area contributed by atoms with E-state index in [0.29, 0.717) is 22.1 Å². The van der Waals surface area contributed by atoms with Crippen molar-refractivity contribution in [3.8, 4) is 11.5 Å². The Balaban J connectivity index is 1.98. The van der Waals surface area contributed by atoms with E-state index in [2.05, 4.69) is 5.32 Å². The Morgan fingerprint density at radius 2 is 1.91 bits per heavy atom. The number of hydrogen-bond acceptors (Lipinski definition) is 6. The largest absolute Gasteiger partial charge is 0.497 e. The molecule has 0 fully saturated rings. The zero-order valence-corrected chi connectivity index (χ0v) is 13.9. The number of esters is 1. The number of ether oxygens (including phenoxy) is 3. The van der Waals surface area contributed by atoms with Gasteiger partial charge in [0, 0.05) is 10.9 Å². The molecular formula is C16H17NO5S. The predicted octanol–water partition coefficient (Wildman–Crippen LogP) is 2.87. The standard InChI is InChI=1S/C16H17NO5S/c1-10-7-13(16(19)21-3)15(23-10)17-14(18)9-22-12-6-4-5-11(8-12)20-2/h4-8H,9H2,1-3H3,(H,17,18). The van der Waals surface area contributed by atoms with Crippen molar-refractivity contribution < 1.29 is 23.8 Å². The fourth-order valence-corrected chi connectivity index (χ4v) is 2.79. The van der Waals surface area contributed by atoms with Gasteiger partial charge in [0.1, 0.15) is 16.5 Å². The zero-order valence-electron chi connectivity index (χ0n) is 13.0. The number of aryl methyl sites for hydroxylation is 1. The van der Waals surface area contributed by atoms with Crippen LogP contribution < -0.4 is 14.8 Å². The number of anilines is 1. The number of amides is 1. The lowest BCUT2D eigenvalue weighted by Gasteiger charge is -2.08. The van der Waals surface area contributed by atoms with Crippen molar-refractivity contribution in [1.82, 2.24) is 0 Å². The minimum Gasteiger partial charge on any atom is -0.497 e. The molecule has 1 N–H and O–H groups in total. The van der Waals surface area contributed by atoms with Crippen LogP contribution >= 0.6 is 11.3 Å². The molecule has 1 aromatic carbocycles. The maximum absolute atomic E-state index is 12.0. The maximum atomic E-state index is 12.0. The van der Waals surface area contributed by atoms with Crippen LogP contribution in [0.1, 0.15) is 15.2 Å². The molecule has 0 atom stereocenters. The molecule has 2 rings (SSSR count). The number of methoxy groups -OCH3 is 2. The Bertz CT molecular complexity index is 710. The minimum absolute atomic E-state index is 0.176. The summed E-state index contributed by atoms with van der Waals surface area (Å²) in [5.74, 6) is 0.318. The normalized spacial score (nSPS) is 10.0. The van der Waals surface area contributed by atoms with Crippen molar-refractivity contribution in [1.29, 1.82) is 0 Å². The topological polar surface area (TPSA) is 73.9 Å². The summed E-state index contributed by atoms with van der Waals surface area (Å²) >= 11 is 1.31. The highest BCUT2D eigenvalue weighted by molar-refractivity contribution is 7.16. The number of carbonyl (C=O) groups is 2. The molecule has 122 valence electrons. The molecule has 0 radical (unpaired) electrons. The van der Waals surface area contributed by atoms with Gasteiger partial charge in [0.2, 0.25) is 0 Å². The molecule has 1 aromatic heterocycles. The van der Waals surface area contributed by atoms with Crippen LogP contribution in [0.4, 0.5) is 5.00 Å². The van der Waals surface area contributed by atoms with Crippen LogP contribution in [0.3, 0.4) is 0 Å². The molecule has 0 saturated heterocycles. The molecule has 0 aliphatic carbocycles. The second-order valence-electron chi connectivity index (χ2n) is 4.61. The van der Waals surface area contributed by atoms with Gasteiger partial charge < -0.3 is 19.5 Å². The lowest BCUT2D eigenvalue weighted by atomic mass is 10.3. The third-order valence-corrected chi connectivity index (χ3v) is 3.89. The van der Waals surface area contributed by atoms with Gasteiger partial charge in [0.25, 0.3) is 5.91 Å². The molecule has 7 heteroatoms. The molecule has 0 aliphatic heterocycles. The average molecular weight is 335 g/mol. The summed E-state index contributed by atoms with van der Waals surface area (Å²) in [5.41, 5.74) is 0.338. The van der Waals surface area contributed by atoms with Gasteiger partial charge in [-0.2, -0.15) is 0 Å². The summed E-state index contributed by atoms with van der Waals surface area (Å²) in [7, 11) is 2.85. The Hall–Kier alpha value is -2.54. The van der Waals surface area contributed by atoms with Crippen molar-refractivity contribution in [2.45, 2.75) is 6.92 Å². The molecule has 0 saturated carbocycles. The predicted molar refractivity (Wildman–Crippen MR) is 87.5 cm³/mol. The second kappa shape index (κ2) is 7.64. The van der Waals surface area contributed by atoms with Crippen LogP contribution in [0, 0.1) is 6.92 Å². The monoisotopic (exact) mass is 335 g/mol. The van der Waals surface area contributed by atoms with Gasteiger partial charge in [0.05, 0.1) is 19.8 Å². The van der Waals surface area contributed by atoms with Crippen LogP contribution in [0.2, 0.25) is 0 Å².